The lowest BCUT2D eigenvalue weighted by Crippen LogP contribution is -2.60. The predicted octanol–water partition coefficient (Wildman–Crippen LogP) is 7.15. The van der Waals surface area contributed by atoms with Gasteiger partial charge in [-0.2, -0.15) is 0 Å². The summed E-state index contributed by atoms with van der Waals surface area (Å²) in [4.78, 5) is 0. The smallest absolute Gasteiger partial charge is 0.104 e. The summed E-state index contributed by atoms with van der Waals surface area (Å²) in [6.07, 6.45) is 13.8. The zero-order valence-electron chi connectivity index (χ0n) is 23.4. The first-order chi connectivity index (χ1) is 15.7. The second kappa shape index (κ2) is 6.84. The Morgan fingerprint density at radius 1 is 0.706 bits per heavy atom. The topological polar surface area (TPSA) is 42.0 Å². The van der Waals surface area contributed by atoms with E-state index >= 15 is 0 Å². The van der Waals surface area contributed by atoms with Crippen LogP contribution in [0.4, 0.5) is 0 Å². The van der Waals surface area contributed by atoms with Gasteiger partial charge in [-0.3, -0.25) is 0 Å². The van der Waals surface area contributed by atoms with Gasteiger partial charge in [-0.15, -0.1) is 0 Å². The molecule has 3 heteroatoms. The van der Waals surface area contributed by atoms with Gasteiger partial charge in [0.2, 0.25) is 0 Å². The molecule has 0 bridgehead atoms. The van der Waals surface area contributed by atoms with E-state index in [9.17, 15) is 5.11 Å². The molecule has 1 heterocycles. The van der Waals surface area contributed by atoms with E-state index in [0.29, 0.717) is 22.9 Å². The third-order valence-corrected chi connectivity index (χ3v) is 14.2. The fraction of sp³-hybridized carbons (Fsp3) is 1.00. The first-order valence-electron chi connectivity index (χ1n) is 14.6. The Morgan fingerprint density at radius 2 is 1.38 bits per heavy atom. The van der Waals surface area contributed by atoms with Crippen molar-refractivity contribution in [3.63, 3.8) is 0 Å². The van der Waals surface area contributed by atoms with Crippen molar-refractivity contribution in [1.82, 2.24) is 0 Å². The maximum atomic E-state index is 11.0. The van der Waals surface area contributed by atoms with Crippen LogP contribution < -0.4 is 0 Å². The molecule has 0 aromatic carbocycles. The molecule has 0 aromatic rings. The Morgan fingerprint density at radius 3 is 2.09 bits per heavy atom. The van der Waals surface area contributed by atoms with Gasteiger partial charge in [-0.05, 0) is 110 Å². The van der Waals surface area contributed by atoms with Crippen LogP contribution in [0.1, 0.15) is 119 Å². The van der Waals surface area contributed by atoms with Crippen molar-refractivity contribution in [2.45, 2.75) is 143 Å². The van der Waals surface area contributed by atoms with Crippen molar-refractivity contribution >= 4 is 0 Å². The number of aliphatic hydroxyl groups is 1. The Bertz CT molecular complexity index is 865. The van der Waals surface area contributed by atoms with Crippen LogP contribution in [-0.2, 0) is 9.47 Å². The summed E-state index contributed by atoms with van der Waals surface area (Å²) >= 11 is 0. The summed E-state index contributed by atoms with van der Waals surface area (Å²) in [6, 6.07) is 0. The third kappa shape index (κ3) is 2.61. The highest BCUT2D eigenvalue weighted by molar-refractivity contribution is 5.31. The maximum absolute atomic E-state index is 11.0. The molecule has 1 aliphatic heterocycles. The minimum absolute atomic E-state index is 0.0114. The molecule has 3 nitrogen and oxygen atoms in total. The van der Waals surface area contributed by atoms with Gasteiger partial charge < -0.3 is 14.6 Å². The van der Waals surface area contributed by atoms with E-state index in [-0.39, 0.29) is 33.6 Å². The van der Waals surface area contributed by atoms with Crippen LogP contribution in [0.5, 0.6) is 0 Å². The largest absolute Gasteiger partial charge is 0.393 e. The zero-order valence-corrected chi connectivity index (χ0v) is 23.4. The lowest BCUT2D eigenvalue weighted by molar-refractivity contribution is -0.182. The Kier molecular flexibility index (Phi) is 4.88. The predicted molar refractivity (Wildman–Crippen MR) is 136 cm³/mol. The summed E-state index contributed by atoms with van der Waals surface area (Å²) in [5.41, 5.74) is 1.37. The normalized spacial score (nSPS) is 59.4. The van der Waals surface area contributed by atoms with E-state index < -0.39 is 0 Å². The van der Waals surface area contributed by atoms with Crippen LogP contribution in [0.15, 0.2) is 0 Å². The molecule has 6 rings (SSSR count). The van der Waals surface area contributed by atoms with Crippen LogP contribution in [0.3, 0.4) is 0 Å². The first kappa shape index (κ1) is 24.2. The van der Waals surface area contributed by atoms with E-state index in [1.807, 2.05) is 7.11 Å². The molecule has 194 valence electrons. The highest BCUT2D eigenvalue weighted by Gasteiger charge is 2.83. The van der Waals surface area contributed by atoms with Crippen molar-refractivity contribution in [1.29, 1.82) is 0 Å². The number of hydrogen-bond acceptors (Lipinski definition) is 3. The molecule has 0 aromatic heterocycles. The molecule has 5 saturated carbocycles. The fourth-order valence-electron chi connectivity index (χ4n) is 12.6. The summed E-state index contributed by atoms with van der Waals surface area (Å²) in [7, 11) is 1.93. The third-order valence-electron chi connectivity index (χ3n) is 14.2. The van der Waals surface area contributed by atoms with Gasteiger partial charge in [0, 0.05) is 12.5 Å². The number of ether oxygens (including phenoxy) is 2. The van der Waals surface area contributed by atoms with Gasteiger partial charge in [0.1, 0.15) is 5.60 Å². The average Bonchev–Trinajstić information content (AvgIpc) is 3.40. The Labute approximate surface area is 209 Å². The van der Waals surface area contributed by atoms with Gasteiger partial charge in [0.15, 0.2) is 0 Å². The molecule has 0 spiro atoms. The Balaban J connectivity index is 1.37. The van der Waals surface area contributed by atoms with Crippen LogP contribution in [0, 0.1) is 44.8 Å². The molecule has 5 aliphatic carbocycles. The summed E-state index contributed by atoms with van der Waals surface area (Å²) < 4.78 is 13.2. The summed E-state index contributed by atoms with van der Waals surface area (Å²) in [6.45, 7) is 17.6. The molecule has 1 N–H and O–H groups in total. The van der Waals surface area contributed by atoms with Crippen LogP contribution in [-0.4, -0.2) is 35.6 Å². The van der Waals surface area contributed by atoms with Crippen molar-refractivity contribution in [2.75, 3.05) is 7.11 Å². The molecule has 1 saturated heterocycles. The van der Waals surface area contributed by atoms with Gasteiger partial charge in [-0.25, -0.2) is 0 Å². The number of methoxy groups -OCH3 is 1. The van der Waals surface area contributed by atoms with E-state index in [1.165, 1.54) is 57.8 Å². The highest BCUT2D eigenvalue weighted by atomic mass is 16.6. The fourth-order valence-corrected chi connectivity index (χ4v) is 12.6. The van der Waals surface area contributed by atoms with Gasteiger partial charge >= 0.3 is 0 Å². The molecule has 0 radical (unpaired) electrons. The minimum atomic E-state index is -0.169. The molecule has 0 amide bonds. The number of aliphatic hydroxyl groups excluding tert-OH is 1. The van der Waals surface area contributed by atoms with Crippen LogP contribution >= 0.6 is 0 Å². The van der Waals surface area contributed by atoms with Gasteiger partial charge in [0.25, 0.3) is 0 Å². The van der Waals surface area contributed by atoms with Gasteiger partial charge in [-0.1, -0.05) is 48.5 Å². The number of epoxide rings is 1. The summed E-state index contributed by atoms with van der Waals surface area (Å²) in [5, 5.41) is 11.0. The monoisotopic (exact) mass is 472 g/mol. The summed E-state index contributed by atoms with van der Waals surface area (Å²) in [5.74, 6) is 2.09. The van der Waals surface area contributed by atoms with Crippen molar-refractivity contribution in [3.05, 3.63) is 0 Å². The first-order valence-corrected chi connectivity index (χ1v) is 14.6. The standard InChI is InChI=1S/C31H52O3/c1-25(2)21-10-17-30-19-27(5)14-9-20-26(3,4)24(33-8)13-15-28(20,6)22(27)11-18-31(30,34-30)29(21,7)16-12-23(25)32/h20-24,32H,9-19H2,1-8H3/t20-,21+,22+,23-,24+,27+,28+,29+,30-,31-/m1/s1. The minimum Gasteiger partial charge on any atom is -0.393 e. The average molecular weight is 473 g/mol. The van der Waals surface area contributed by atoms with E-state index in [1.54, 1.807) is 0 Å². The van der Waals surface area contributed by atoms with E-state index in [0.717, 1.165) is 24.7 Å². The molecule has 10 atom stereocenters. The van der Waals surface area contributed by atoms with Gasteiger partial charge in [0.05, 0.1) is 17.8 Å². The van der Waals surface area contributed by atoms with E-state index in [4.69, 9.17) is 9.47 Å². The second-order valence-corrected chi connectivity index (χ2v) is 15.9. The Hall–Kier alpha value is -0.120. The van der Waals surface area contributed by atoms with Crippen molar-refractivity contribution in [3.8, 4) is 0 Å². The number of rotatable bonds is 1. The number of fused-ring (bicyclic) bond motifs is 4. The molecule has 6 aliphatic rings. The maximum Gasteiger partial charge on any atom is 0.104 e. The van der Waals surface area contributed by atoms with Crippen molar-refractivity contribution < 1.29 is 14.6 Å². The van der Waals surface area contributed by atoms with E-state index in [2.05, 4.69) is 48.5 Å². The lowest BCUT2D eigenvalue weighted by atomic mass is 9.41. The number of hydrogen-bond donors (Lipinski definition) is 1. The molecular weight excluding hydrogens is 420 g/mol. The molecule has 6 fully saturated rings. The SMILES string of the molecule is CO[C@H]1CC[C@@]2(C)[C@H](CC[C@@]3(C)C[C@]45CC[C@H]6C(C)(C)[C@H](O)CC[C@]6(C)[C@@]4(CC[C@@H]32)O5)C1(C)C. The highest BCUT2D eigenvalue weighted by Crippen LogP contribution is 2.80. The molecule has 0 unspecified atom stereocenters. The quantitative estimate of drug-likeness (QED) is 0.412. The molecule has 34 heavy (non-hydrogen) atoms. The zero-order chi connectivity index (χ0) is 24.6. The lowest BCUT2D eigenvalue weighted by Gasteiger charge is -2.64. The molecular formula is C31H52O3. The van der Waals surface area contributed by atoms with Crippen LogP contribution in [0.2, 0.25) is 0 Å². The van der Waals surface area contributed by atoms with Crippen LogP contribution in [0.25, 0.3) is 0 Å². The second-order valence-electron chi connectivity index (χ2n) is 15.9. The van der Waals surface area contributed by atoms with Crippen molar-refractivity contribution in [2.24, 2.45) is 44.8 Å².